The molecule has 0 saturated carbocycles. The summed E-state index contributed by atoms with van der Waals surface area (Å²) in [6.45, 7) is 5.10. The van der Waals surface area contributed by atoms with E-state index in [2.05, 4.69) is 15.2 Å². The molecule has 1 unspecified atom stereocenters. The van der Waals surface area contributed by atoms with Gasteiger partial charge >= 0.3 is 0 Å². The largest absolute Gasteiger partial charge is 0.474 e. The molecule has 0 spiro atoms. The Labute approximate surface area is 206 Å². The molecule has 0 saturated heterocycles. The molecule has 10 heteroatoms. The summed E-state index contributed by atoms with van der Waals surface area (Å²) in [5.41, 5.74) is 4.16. The van der Waals surface area contributed by atoms with Gasteiger partial charge in [-0.05, 0) is 49.7 Å². The van der Waals surface area contributed by atoms with Crippen molar-refractivity contribution in [1.29, 1.82) is 0 Å². The first-order chi connectivity index (χ1) is 17.0. The van der Waals surface area contributed by atoms with E-state index in [0.29, 0.717) is 48.0 Å². The van der Waals surface area contributed by atoms with Crippen LogP contribution in [0.4, 0.5) is 4.39 Å². The fraction of sp³-hybridized carbons (Fsp3) is 0.280. The van der Waals surface area contributed by atoms with Gasteiger partial charge in [0.05, 0.1) is 24.0 Å². The summed E-state index contributed by atoms with van der Waals surface area (Å²) in [5, 5.41) is 9.48. The molecule has 0 N–H and O–H groups in total. The first-order valence-electron chi connectivity index (χ1n) is 11.3. The SMILES string of the molecule is CC(C)OCc1nnc2n1Cc1c(C3=NC(c4ccc(F)cc4)CO3)ncn1-c1ccc(Cl)cc1-2. The normalized spacial score (nSPS) is 16.4. The van der Waals surface area contributed by atoms with Crippen LogP contribution in [-0.2, 0) is 22.6 Å². The average Bonchev–Trinajstić information content (AvgIpc) is 3.56. The molecule has 0 aliphatic carbocycles. The minimum absolute atomic E-state index is 0.0567. The van der Waals surface area contributed by atoms with Crippen molar-refractivity contribution in [2.45, 2.75) is 39.1 Å². The number of nitrogens with zero attached hydrogens (tertiary/aromatic N) is 6. The molecule has 2 aromatic heterocycles. The fourth-order valence-electron chi connectivity index (χ4n) is 4.37. The second-order valence-electron chi connectivity index (χ2n) is 8.77. The van der Waals surface area contributed by atoms with Crippen molar-refractivity contribution >= 4 is 17.5 Å². The van der Waals surface area contributed by atoms with Crippen molar-refractivity contribution in [3.05, 3.63) is 82.4 Å². The molecule has 35 heavy (non-hydrogen) atoms. The molecule has 0 bridgehead atoms. The van der Waals surface area contributed by atoms with Gasteiger partial charge < -0.3 is 14.0 Å². The van der Waals surface area contributed by atoms with Crippen LogP contribution in [0.3, 0.4) is 0 Å². The van der Waals surface area contributed by atoms with Gasteiger partial charge in [-0.1, -0.05) is 23.7 Å². The molecule has 0 amide bonds. The molecule has 4 aromatic rings. The number of hydrogen-bond donors (Lipinski definition) is 0. The Morgan fingerprint density at radius 3 is 2.80 bits per heavy atom. The van der Waals surface area contributed by atoms with Crippen molar-refractivity contribution in [2.75, 3.05) is 6.61 Å². The summed E-state index contributed by atoms with van der Waals surface area (Å²) < 4.78 is 29.2. The smallest absolute Gasteiger partial charge is 0.238 e. The summed E-state index contributed by atoms with van der Waals surface area (Å²) in [7, 11) is 0. The van der Waals surface area contributed by atoms with E-state index >= 15 is 0 Å². The van der Waals surface area contributed by atoms with E-state index in [-0.39, 0.29) is 18.0 Å². The quantitative estimate of drug-likeness (QED) is 0.354. The minimum Gasteiger partial charge on any atom is -0.474 e. The molecular weight excluding hydrogens is 471 g/mol. The zero-order valence-electron chi connectivity index (χ0n) is 19.2. The van der Waals surface area contributed by atoms with Crippen LogP contribution in [-0.4, -0.2) is 42.9 Å². The number of imidazole rings is 1. The lowest BCUT2D eigenvalue weighted by molar-refractivity contribution is 0.0595. The van der Waals surface area contributed by atoms with Gasteiger partial charge in [0.1, 0.15) is 37.1 Å². The van der Waals surface area contributed by atoms with Crippen molar-refractivity contribution in [3.63, 3.8) is 0 Å². The Kier molecular flexibility index (Phi) is 5.38. The van der Waals surface area contributed by atoms with Gasteiger partial charge in [-0.2, -0.15) is 0 Å². The zero-order valence-corrected chi connectivity index (χ0v) is 19.9. The fourth-order valence-corrected chi connectivity index (χ4v) is 4.54. The minimum atomic E-state index is -0.281. The first-order valence-corrected chi connectivity index (χ1v) is 11.7. The van der Waals surface area contributed by atoms with Crippen LogP contribution >= 0.6 is 11.6 Å². The highest BCUT2D eigenvalue weighted by molar-refractivity contribution is 6.31. The number of ether oxygens (including phenoxy) is 2. The summed E-state index contributed by atoms with van der Waals surface area (Å²) in [6.07, 6.45) is 1.82. The second-order valence-corrected chi connectivity index (χ2v) is 9.21. The molecule has 8 nitrogen and oxygen atoms in total. The lowest BCUT2D eigenvalue weighted by Crippen LogP contribution is -2.14. The number of halogens is 2. The van der Waals surface area contributed by atoms with Crippen molar-refractivity contribution in [3.8, 4) is 17.1 Å². The topological polar surface area (TPSA) is 79.3 Å². The molecule has 1 atom stereocenters. The predicted octanol–water partition coefficient (Wildman–Crippen LogP) is 4.73. The van der Waals surface area contributed by atoms with Gasteiger partial charge in [0.15, 0.2) is 11.6 Å². The number of benzene rings is 2. The third-order valence-corrected chi connectivity index (χ3v) is 6.35. The first kappa shape index (κ1) is 21.9. The number of hydrogen-bond acceptors (Lipinski definition) is 6. The second kappa shape index (κ2) is 8.58. The molecule has 2 aliphatic rings. The maximum absolute atomic E-state index is 13.4. The average molecular weight is 493 g/mol. The number of fused-ring (bicyclic) bond motifs is 5. The highest BCUT2D eigenvalue weighted by atomic mass is 35.5. The van der Waals surface area contributed by atoms with Crippen LogP contribution in [0, 0.1) is 5.82 Å². The molecule has 4 heterocycles. The maximum Gasteiger partial charge on any atom is 0.238 e. The van der Waals surface area contributed by atoms with Crippen LogP contribution in [0.2, 0.25) is 5.02 Å². The summed E-state index contributed by atoms with van der Waals surface area (Å²) in [4.78, 5) is 9.45. The lowest BCUT2D eigenvalue weighted by atomic mass is 10.1. The number of aliphatic imine (C=N–C) groups is 1. The number of rotatable bonds is 5. The van der Waals surface area contributed by atoms with Gasteiger partial charge in [-0.25, -0.2) is 14.4 Å². The van der Waals surface area contributed by atoms with Crippen LogP contribution in [0.5, 0.6) is 0 Å². The summed E-state index contributed by atoms with van der Waals surface area (Å²) in [6, 6.07) is 11.8. The van der Waals surface area contributed by atoms with Gasteiger partial charge in [-0.3, -0.25) is 4.57 Å². The molecule has 2 aliphatic heterocycles. The number of aromatic nitrogens is 5. The van der Waals surface area contributed by atoms with Crippen molar-refractivity contribution in [1.82, 2.24) is 24.3 Å². The molecule has 178 valence electrons. The molecule has 6 rings (SSSR count). The predicted molar refractivity (Wildman–Crippen MR) is 128 cm³/mol. The monoisotopic (exact) mass is 492 g/mol. The highest BCUT2D eigenvalue weighted by Gasteiger charge is 2.31. The zero-order chi connectivity index (χ0) is 24.1. The van der Waals surface area contributed by atoms with Gasteiger partial charge in [0.2, 0.25) is 5.90 Å². The van der Waals surface area contributed by atoms with E-state index in [1.807, 2.05) is 41.2 Å². The van der Waals surface area contributed by atoms with Crippen molar-refractivity contribution < 1.29 is 13.9 Å². The Balaban J connectivity index is 1.44. The Morgan fingerprint density at radius 1 is 1.17 bits per heavy atom. The molecule has 0 fully saturated rings. The Morgan fingerprint density at radius 2 is 2.00 bits per heavy atom. The van der Waals surface area contributed by atoms with E-state index in [0.717, 1.165) is 22.5 Å². The van der Waals surface area contributed by atoms with E-state index in [1.165, 1.54) is 12.1 Å². The lowest BCUT2D eigenvalue weighted by Gasteiger charge is -2.11. The van der Waals surface area contributed by atoms with Gasteiger partial charge in [-0.15, -0.1) is 10.2 Å². The Bertz CT molecular complexity index is 1440. The Hall–Kier alpha value is -3.56. The van der Waals surface area contributed by atoms with E-state index in [4.69, 9.17) is 26.1 Å². The van der Waals surface area contributed by atoms with Gasteiger partial charge in [0, 0.05) is 10.6 Å². The highest BCUT2D eigenvalue weighted by Crippen LogP contribution is 2.35. The van der Waals surface area contributed by atoms with Crippen LogP contribution < -0.4 is 0 Å². The third-order valence-electron chi connectivity index (χ3n) is 6.11. The van der Waals surface area contributed by atoms with Crippen LogP contribution in [0.15, 0.2) is 53.8 Å². The van der Waals surface area contributed by atoms with Gasteiger partial charge in [0.25, 0.3) is 0 Å². The van der Waals surface area contributed by atoms with Crippen molar-refractivity contribution in [2.24, 2.45) is 4.99 Å². The standard InChI is InChI=1S/C25H22ClFN6O2/c1-14(2)34-12-22-30-31-24-18-9-16(26)5-8-20(18)33-13-28-23(21(33)10-32(22)24)25-29-19(11-35-25)15-3-6-17(27)7-4-15/h3-9,13-14,19H,10-12H2,1-2H3. The molecular formula is C25H22ClFN6O2. The van der Waals surface area contributed by atoms with E-state index in [9.17, 15) is 4.39 Å². The summed E-state index contributed by atoms with van der Waals surface area (Å²) in [5.74, 6) is 1.59. The van der Waals surface area contributed by atoms with E-state index in [1.54, 1.807) is 18.5 Å². The maximum atomic E-state index is 13.4. The molecule has 2 aromatic carbocycles. The third kappa shape index (κ3) is 3.90. The van der Waals surface area contributed by atoms with Crippen LogP contribution in [0.25, 0.3) is 17.1 Å². The van der Waals surface area contributed by atoms with E-state index < -0.39 is 0 Å². The summed E-state index contributed by atoms with van der Waals surface area (Å²) >= 11 is 6.36. The van der Waals surface area contributed by atoms with Crippen LogP contribution in [0.1, 0.15) is 42.7 Å². The molecule has 0 radical (unpaired) electrons.